The molecule has 0 radical (unpaired) electrons. The molecule has 0 N–H and O–H groups in total. The first-order chi connectivity index (χ1) is 11.0. The summed E-state index contributed by atoms with van der Waals surface area (Å²) >= 11 is 3.98. The number of nitrogens with zero attached hydrogens (tertiary/aromatic N) is 1. The van der Waals surface area contributed by atoms with Crippen molar-refractivity contribution in [1.82, 2.24) is 0 Å². The van der Waals surface area contributed by atoms with E-state index in [-0.39, 0.29) is 17.9 Å². The molecule has 124 valence electrons. The first kappa shape index (κ1) is 17.1. The number of amides is 1. The molecule has 2 aliphatic carbocycles. The first-order valence-electron chi connectivity index (χ1n) is 8.29. The zero-order valence-corrected chi connectivity index (χ0v) is 16.4. The van der Waals surface area contributed by atoms with Crippen molar-refractivity contribution < 1.29 is 9.59 Å². The molecule has 5 heteroatoms. The Morgan fingerprint density at radius 3 is 2.57 bits per heavy atom. The van der Waals surface area contributed by atoms with Gasteiger partial charge >= 0.3 is 0 Å². The van der Waals surface area contributed by atoms with Crippen LogP contribution in [-0.4, -0.2) is 17.7 Å². The molecule has 1 fully saturated rings. The number of anilines is 1. The minimum atomic E-state index is 0.0916. The molecule has 1 aromatic rings. The molecule has 2 aliphatic rings. The van der Waals surface area contributed by atoms with Crippen molar-refractivity contribution in [3.8, 4) is 0 Å². The van der Waals surface area contributed by atoms with Crippen LogP contribution in [0.3, 0.4) is 0 Å². The fraction of sp³-hybridized carbons (Fsp3) is 0.556. The molecule has 3 nitrogen and oxygen atoms in total. The van der Waals surface area contributed by atoms with E-state index in [1.165, 1.54) is 8.46 Å². The van der Waals surface area contributed by atoms with Gasteiger partial charge in [0.25, 0.3) is 0 Å². The highest BCUT2D eigenvalue weighted by molar-refractivity contribution is 14.1. The molecule has 1 aromatic heterocycles. The van der Waals surface area contributed by atoms with Gasteiger partial charge in [-0.2, -0.15) is 0 Å². The topological polar surface area (TPSA) is 37.4 Å². The number of Topliss-reactive ketones (excluding diaryl/α,β-unsaturated/α-hetero) is 1. The number of hydrogen-bond donors (Lipinski definition) is 0. The molecular formula is C18H22INO2S. The zero-order valence-electron chi connectivity index (χ0n) is 13.4. The van der Waals surface area contributed by atoms with Gasteiger partial charge in [-0.3, -0.25) is 9.59 Å². The maximum absolute atomic E-state index is 13.2. The summed E-state index contributed by atoms with van der Waals surface area (Å²) in [6.07, 6.45) is 7.87. The molecular weight excluding hydrogens is 421 g/mol. The van der Waals surface area contributed by atoms with E-state index in [4.69, 9.17) is 0 Å². The average Bonchev–Trinajstić information content (AvgIpc) is 2.96. The molecule has 0 saturated heterocycles. The van der Waals surface area contributed by atoms with Crippen LogP contribution in [0.15, 0.2) is 23.1 Å². The van der Waals surface area contributed by atoms with Crippen molar-refractivity contribution >= 4 is 51.3 Å². The number of rotatable bonds is 3. The van der Waals surface area contributed by atoms with Crippen LogP contribution in [0.5, 0.6) is 0 Å². The highest BCUT2D eigenvalue weighted by Gasteiger charge is 2.33. The van der Waals surface area contributed by atoms with E-state index < -0.39 is 0 Å². The van der Waals surface area contributed by atoms with Gasteiger partial charge in [0.05, 0.1) is 8.57 Å². The maximum Gasteiger partial charge on any atom is 0.230 e. The van der Waals surface area contributed by atoms with E-state index in [9.17, 15) is 9.59 Å². The molecule has 23 heavy (non-hydrogen) atoms. The van der Waals surface area contributed by atoms with E-state index in [0.717, 1.165) is 37.8 Å². The Bertz CT molecular complexity index is 627. The van der Waals surface area contributed by atoms with Crippen LogP contribution < -0.4 is 4.90 Å². The molecule has 0 aromatic carbocycles. The van der Waals surface area contributed by atoms with Gasteiger partial charge in [0.2, 0.25) is 5.91 Å². The monoisotopic (exact) mass is 443 g/mol. The Hall–Kier alpha value is -0.690. The average molecular weight is 443 g/mol. The molecule has 1 heterocycles. The van der Waals surface area contributed by atoms with Gasteiger partial charge in [0.15, 0.2) is 0 Å². The quantitative estimate of drug-likeness (QED) is 0.490. The lowest BCUT2D eigenvalue weighted by atomic mass is 9.87. The summed E-state index contributed by atoms with van der Waals surface area (Å²) in [5.41, 5.74) is 2.42. The van der Waals surface area contributed by atoms with Crippen molar-refractivity contribution in [3.05, 3.63) is 26.0 Å². The third-order valence-electron chi connectivity index (χ3n) is 4.93. The summed E-state index contributed by atoms with van der Waals surface area (Å²) in [4.78, 5) is 26.8. The molecule has 1 unspecified atom stereocenters. The van der Waals surface area contributed by atoms with Crippen molar-refractivity contribution in [2.45, 2.75) is 57.9 Å². The second-order valence-corrected chi connectivity index (χ2v) is 9.41. The number of carbonyl (C=O) groups excluding carboxylic acids is 2. The smallest absolute Gasteiger partial charge is 0.230 e. The number of thiophene rings is 1. The summed E-state index contributed by atoms with van der Waals surface area (Å²) < 4.78 is 1.20. The van der Waals surface area contributed by atoms with Crippen LogP contribution in [-0.2, 0) is 9.59 Å². The van der Waals surface area contributed by atoms with Crippen LogP contribution in [0.25, 0.3) is 0 Å². The third-order valence-corrected chi connectivity index (χ3v) is 6.71. The number of hydrogen-bond acceptors (Lipinski definition) is 3. The normalized spacial score (nSPS) is 22.8. The van der Waals surface area contributed by atoms with Gasteiger partial charge in [-0.15, -0.1) is 11.3 Å². The summed E-state index contributed by atoms with van der Waals surface area (Å²) in [5, 5.41) is 2.08. The second-order valence-electron chi connectivity index (χ2n) is 6.61. The van der Waals surface area contributed by atoms with E-state index in [1.807, 2.05) is 4.90 Å². The minimum Gasteiger partial charge on any atom is -0.308 e. The Kier molecular flexibility index (Phi) is 5.57. The van der Waals surface area contributed by atoms with Crippen molar-refractivity contribution in [1.29, 1.82) is 0 Å². The summed E-state index contributed by atoms with van der Waals surface area (Å²) in [5.74, 6) is 0.681. The lowest BCUT2D eigenvalue weighted by molar-refractivity contribution is -0.125. The molecule has 1 saturated carbocycles. The minimum absolute atomic E-state index is 0.0916. The Labute approximate surface area is 155 Å². The maximum atomic E-state index is 13.2. The fourth-order valence-electron chi connectivity index (χ4n) is 3.51. The predicted octanol–water partition coefficient (Wildman–Crippen LogP) is 4.94. The molecule has 0 aliphatic heterocycles. The Morgan fingerprint density at radius 1 is 1.26 bits per heavy atom. The number of ketones is 1. The summed E-state index contributed by atoms with van der Waals surface area (Å²) in [6, 6.07) is 2.28. The van der Waals surface area contributed by atoms with Gasteiger partial charge in [-0.05, 0) is 67.7 Å². The van der Waals surface area contributed by atoms with Crippen LogP contribution >= 0.6 is 33.9 Å². The van der Waals surface area contributed by atoms with Crippen LogP contribution in [0.4, 0.5) is 5.69 Å². The lowest BCUT2D eigenvalue weighted by Crippen LogP contribution is -2.45. The van der Waals surface area contributed by atoms with Crippen molar-refractivity contribution in [2.75, 3.05) is 4.90 Å². The van der Waals surface area contributed by atoms with Crippen LogP contribution in [0.1, 0.15) is 51.9 Å². The molecule has 0 spiro atoms. The molecule has 0 bridgehead atoms. The van der Waals surface area contributed by atoms with Crippen molar-refractivity contribution in [3.63, 3.8) is 0 Å². The third kappa shape index (κ3) is 4.05. The van der Waals surface area contributed by atoms with Crippen molar-refractivity contribution in [2.24, 2.45) is 5.92 Å². The van der Waals surface area contributed by atoms with Crippen LogP contribution in [0, 0.1) is 8.80 Å². The fourth-order valence-corrected chi connectivity index (χ4v) is 4.82. The number of carbonyl (C=O) groups is 2. The van der Waals surface area contributed by atoms with E-state index in [1.54, 1.807) is 11.3 Å². The molecule has 1 amide bonds. The van der Waals surface area contributed by atoms with Gasteiger partial charge in [-0.1, -0.05) is 11.6 Å². The SMILES string of the molecule is CC1=CCC(C(=O)N(c2csc(I)c2)C2CCC(=O)CC2)CC1. The lowest BCUT2D eigenvalue weighted by Gasteiger charge is -2.36. The highest BCUT2D eigenvalue weighted by atomic mass is 127. The first-order valence-corrected chi connectivity index (χ1v) is 10.2. The predicted molar refractivity (Wildman–Crippen MR) is 103 cm³/mol. The van der Waals surface area contributed by atoms with Gasteiger partial charge in [0.1, 0.15) is 5.78 Å². The standard InChI is InChI=1S/C18H22INO2S/c1-12-2-4-13(5-3-12)18(22)20(15-10-17(19)23-11-15)14-6-8-16(21)9-7-14/h2,10-11,13-14H,3-9H2,1H3. The summed E-state index contributed by atoms with van der Waals surface area (Å²) in [7, 11) is 0. The number of allylic oxidation sites excluding steroid dienone is 2. The largest absolute Gasteiger partial charge is 0.308 e. The Balaban J connectivity index is 1.83. The molecule has 3 rings (SSSR count). The van der Waals surface area contributed by atoms with E-state index >= 15 is 0 Å². The second kappa shape index (κ2) is 7.47. The van der Waals surface area contributed by atoms with Gasteiger partial charge in [0, 0.05) is 30.2 Å². The highest BCUT2D eigenvalue weighted by Crippen LogP contribution is 2.34. The van der Waals surface area contributed by atoms with E-state index in [2.05, 4.69) is 47.0 Å². The molecule has 1 atom stereocenters. The number of halogens is 1. The van der Waals surface area contributed by atoms with Gasteiger partial charge < -0.3 is 4.90 Å². The Morgan fingerprint density at radius 2 is 2.00 bits per heavy atom. The summed E-state index contributed by atoms with van der Waals surface area (Å²) in [6.45, 7) is 2.15. The van der Waals surface area contributed by atoms with Gasteiger partial charge in [-0.25, -0.2) is 0 Å². The van der Waals surface area contributed by atoms with E-state index in [0.29, 0.717) is 18.6 Å². The van der Waals surface area contributed by atoms with Crippen LogP contribution in [0.2, 0.25) is 0 Å². The zero-order chi connectivity index (χ0) is 16.4.